The summed E-state index contributed by atoms with van der Waals surface area (Å²) >= 11 is 0. The number of fused-ring (bicyclic) bond motifs is 1. The summed E-state index contributed by atoms with van der Waals surface area (Å²) in [5.41, 5.74) is 3.71. The van der Waals surface area contributed by atoms with E-state index in [9.17, 15) is 9.59 Å². The monoisotopic (exact) mass is 350 g/mol. The summed E-state index contributed by atoms with van der Waals surface area (Å²) in [5.74, 6) is -1.31. The molecule has 0 aliphatic heterocycles. The number of benzene rings is 2. The molecule has 3 aromatic rings. The molecule has 0 atom stereocenters. The van der Waals surface area contributed by atoms with Gasteiger partial charge in [-0.2, -0.15) is 0 Å². The first-order chi connectivity index (χ1) is 12.5. The number of aromatic nitrogens is 1. The average molecular weight is 350 g/mol. The quantitative estimate of drug-likeness (QED) is 0.619. The van der Waals surface area contributed by atoms with Gasteiger partial charge in [0.15, 0.2) is 0 Å². The lowest BCUT2D eigenvalue weighted by Crippen LogP contribution is -2.36. The third kappa shape index (κ3) is 4.03. The van der Waals surface area contributed by atoms with Gasteiger partial charge in [-0.3, -0.25) is 9.59 Å². The second-order valence-electron chi connectivity index (χ2n) is 6.26. The summed E-state index contributed by atoms with van der Waals surface area (Å²) in [4.78, 5) is 29.2. The first-order valence-electron chi connectivity index (χ1n) is 8.46. The molecular weight excluding hydrogens is 328 g/mol. The van der Waals surface area contributed by atoms with Crippen LogP contribution in [0, 0.1) is 0 Å². The molecule has 0 spiro atoms. The van der Waals surface area contributed by atoms with Crippen LogP contribution < -0.4 is 15.5 Å². The minimum Gasteiger partial charge on any atom is -0.378 e. The van der Waals surface area contributed by atoms with Crippen molar-refractivity contribution in [1.29, 1.82) is 0 Å². The minimum atomic E-state index is -0.667. The number of aromatic amines is 1. The molecule has 0 bridgehead atoms. The van der Waals surface area contributed by atoms with Gasteiger partial charge in [0.2, 0.25) is 0 Å². The highest BCUT2D eigenvalue weighted by molar-refractivity contribution is 6.39. The Morgan fingerprint density at radius 3 is 2.65 bits per heavy atom. The van der Waals surface area contributed by atoms with E-state index in [0.717, 1.165) is 22.2 Å². The second kappa shape index (κ2) is 7.74. The van der Waals surface area contributed by atoms with Crippen molar-refractivity contribution in [2.45, 2.75) is 6.42 Å². The van der Waals surface area contributed by atoms with Gasteiger partial charge in [-0.05, 0) is 36.2 Å². The maximum atomic E-state index is 12.1. The molecule has 0 fully saturated rings. The fourth-order valence-corrected chi connectivity index (χ4v) is 2.78. The van der Waals surface area contributed by atoms with Gasteiger partial charge in [-0.25, -0.2) is 0 Å². The van der Waals surface area contributed by atoms with E-state index in [2.05, 4.69) is 15.6 Å². The largest absolute Gasteiger partial charge is 0.378 e. The molecule has 26 heavy (non-hydrogen) atoms. The van der Waals surface area contributed by atoms with Gasteiger partial charge in [0.1, 0.15) is 0 Å². The van der Waals surface area contributed by atoms with Gasteiger partial charge in [0.25, 0.3) is 0 Å². The Morgan fingerprint density at radius 1 is 1.04 bits per heavy atom. The van der Waals surface area contributed by atoms with Gasteiger partial charge in [-0.15, -0.1) is 0 Å². The molecule has 1 heterocycles. The van der Waals surface area contributed by atoms with Crippen molar-refractivity contribution in [2.75, 3.05) is 30.9 Å². The van der Waals surface area contributed by atoms with E-state index in [1.807, 2.05) is 67.7 Å². The predicted octanol–water partition coefficient (Wildman–Crippen LogP) is 2.53. The molecule has 6 nitrogen and oxygen atoms in total. The van der Waals surface area contributed by atoms with Crippen molar-refractivity contribution in [1.82, 2.24) is 10.3 Å². The lowest BCUT2D eigenvalue weighted by Gasteiger charge is -2.14. The summed E-state index contributed by atoms with van der Waals surface area (Å²) in [6.45, 7) is 0.395. The average Bonchev–Trinajstić information content (AvgIpc) is 3.05. The molecule has 0 aliphatic carbocycles. The van der Waals surface area contributed by atoms with E-state index in [1.54, 1.807) is 6.07 Å². The Bertz CT molecular complexity index is 930. The normalized spacial score (nSPS) is 10.5. The zero-order valence-electron chi connectivity index (χ0n) is 14.9. The molecule has 6 heteroatoms. The van der Waals surface area contributed by atoms with Gasteiger partial charge in [-0.1, -0.05) is 24.3 Å². The molecular formula is C20H22N4O2. The standard InChI is InChI=1S/C20H22N4O2/c1-24(2)16-7-5-6-15(12-16)23-20(26)19(25)21-11-10-14-13-22-18-9-4-3-8-17(14)18/h3-9,12-13,22H,10-11H2,1-2H3,(H,21,25)(H,23,26). The maximum Gasteiger partial charge on any atom is 0.313 e. The highest BCUT2D eigenvalue weighted by Gasteiger charge is 2.14. The lowest BCUT2D eigenvalue weighted by molar-refractivity contribution is -0.136. The molecule has 0 unspecified atom stereocenters. The van der Waals surface area contributed by atoms with E-state index >= 15 is 0 Å². The van der Waals surface area contributed by atoms with Gasteiger partial charge in [0.05, 0.1) is 0 Å². The molecule has 0 saturated heterocycles. The fraction of sp³-hybridized carbons (Fsp3) is 0.200. The van der Waals surface area contributed by atoms with Crippen LogP contribution in [0.5, 0.6) is 0 Å². The van der Waals surface area contributed by atoms with Crippen LogP contribution in [0.1, 0.15) is 5.56 Å². The number of H-pyrrole nitrogens is 1. The summed E-state index contributed by atoms with van der Waals surface area (Å²) in [7, 11) is 3.83. The van der Waals surface area contributed by atoms with Crippen LogP contribution in [0.25, 0.3) is 10.9 Å². The molecule has 3 rings (SSSR count). The Hall–Kier alpha value is -3.28. The fourth-order valence-electron chi connectivity index (χ4n) is 2.78. The van der Waals surface area contributed by atoms with Crippen LogP contribution in [-0.4, -0.2) is 37.4 Å². The maximum absolute atomic E-state index is 12.1. The van der Waals surface area contributed by atoms with Gasteiger partial charge < -0.3 is 20.5 Å². The van der Waals surface area contributed by atoms with Crippen LogP contribution in [-0.2, 0) is 16.0 Å². The smallest absolute Gasteiger partial charge is 0.313 e. The number of hydrogen-bond donors (Lipinski definition) is 3. The summed E-state index contributed by atoms with van der Waals surface area (Å²) in [6, 6.07) is 15.3. The van der Waals surface area contributed by atoms with E-state index in [0.29, 0.717) is 18.7 Å². The number of carbonyl (C=O) groups is 2. The Balaban J connectivity index is 1.53. The summed E-state index contributed by atoms with van der Waals surface area (Å²) < 4.78 is 0. The van der Waals surface area contributed by atoms with Crippen molar-refractivity contribution in [3.05, 3.63) is 60.3 Å². The lowest BCUT2D eigenvalue weighted by atomic mass is 10.1. The van der Waals surface area contributed by atoms with Crippen LogP contribution >= 0.6 is 0 Å². The molecule has 1 aromatic heterocycles. The molecule has 0 aliphatic rings. The second-order valence-corrected chi connectivity index (χ2v) is 6.26. The number of nitrogens with one attached hydrogen (secondary N) is 3. The van der Waals surface area contributed by atoms with Crippen LogP contribution in [0.4, 0.5) is 11.4 Å². The third-order valence-electron chi connectivity index (χ3n) is 4.18. The van der Waals surface area contributed by atoms with E-state index < -0.39 is 11.8 Å². The number of anilines is 2. The highest BCUT2D eigenvalue weighted by Crippen LogP contribution is 2.18. The van der Waals surface area contributed by atoms with Crippen LogP contribution in [0.15, 0.2) is 54.7 Å². The first-order valence-corrected chi connectivity index (χ1v) is 8.46. The van der Waals surface area contributed by atoms with Crippen molar-refractivity contribution in [2.24, 2.45) is 0 Å². The SMILES string of the molecule is CN(C)c1cccc(NC(=O)C(=O)NCCc2c[nH]c3ccccc23)c1. The number of amides is 2. The predicted molar refractivity (Wildman–Crippen MR) is 104 cm³/mol. The van der Waals surface area contributed by atoms with E-state index in [4.69, 9.17) is 0 Å². The highest BCUT2D eigenvalue weighted by atomic mass is 16.2. The molecule has 0 saturated carbocycles. The van der Waals surface area contributed by atoms with Crippen molar-refractivity contribution in [3.63, 3.8) is 0 Å². The van der Waals surface area contributed by atoms with Gasteiger partial charge >= 0.3 is 11.8 Å². The third-order valence-corrected chi connectivity index (χ3v) is 4.18. The Labute approximate surface area is 152 Å². The number of carbonyl (C=O) groups excluding carboxylic acids is 2. The number of nitrogens with zero attached hydrogens (tertiary/aromatic N) is 1. The molecule has 0 radical (unpaired) electrons. The topological polar surface area (TPSA) is 77.2 Å². The minimum absolute atomic E-state index is 0.395. The Kier molecular flexibility index (Phi) is 5.22. The number of para-hydroxylation sites is 1. The molecule has 3 N–H and O–H groups in total. The zero-order chi connectivity index (χ0) is 18.5. The Morgan fingerprint density at radius 2 is 1.85 bits per heavy atom. The summed E-state index contributed by atoms with van der Waals surface area (Å²) in [5, 5.41) is 6.43. The zero-order valence-corrected chi connectivity index (χ0v) is 14.9. The first kappa shape index (κ1) is 17.5. The van der Waals surface area contributed by atoms with Crippen molar-refractivity contribution < 1.29 is 9.59 Å². The molecule has 2 aromatic carbocycles. The molecule has 134 valence electrons. The van der Waals surface area contributed by atoms with Crippen molar-refractivity contribution >= 4 is 34.1 Å². The van der Waals surface area contributed by atoms with E-state index in [-0.39, 0.29) is 0 Å². The van der Waals surface area contributed by atoms with Crippen LogP contribution in [0.2, 0.25) is 0 Å². The van der Waals surface area contributed by atoms with Crippen molar-refractivity contribution in [3.8, 4) is 0 Å². The number of rotatable bonds is 5. The van der Waals surface area contributed by atoms with Crippen LogP contribution in [0.3, 0.4) is 0 Å². The van der Waals surface area contributed by atoms with E-state index in [1.165, 1.54) is 0 Å². The van der Waals surface area contributed by atoms with Gasteiger partial charge in [0, 0.05) is 49.1 Å². The number of hydrogen-bond acceptors (Lipinski definition) is 3. The molecule has 2 amide bonds. The summed E-state index contributed by atoms with van der Waals surface area (Å²) in [6.07, 6.45) is 2.59.